The molecule has 33 heavy (non-hydrogen) atoms. The van der Waals surface area contributed by atoms with Gasteiger partial charge in [-0.1, -0.05) is 24.3 Å². The molecule has 5 nitrogen and oxygen atoms in total. The standard InChI is InChI=1S/C25H24F2N2O3S/c1-33(31,32)23-12-6-20(7-13-23)25(30)29-16-14-28(15-17-29)24(18-2-8-21(26)9-3-18)19-4-10-22(27)11-5-19/h2-13,24H,14-17H2,1H3. The molecule has 0 atom stereocenters. The first-order valence-electron chi connectivity index (χ1n) is 10.6. The first-order valence-corrected chi connectivity index (χ1v) is 12.5. The van der Waals surface area contributed by atoms with E-state index in [1.807, 2.05) is 0 Å². The highest BCUT2D eigenvalue weighted by molar-refractivity contribution is 7.90. The molecule has 1 heterocycles. The van der Waals surface area contributed by atoms with Crippen LogP contribution in [0.25, 0.3) is 0 Å². The quantitative estimate of drug-likeness (QED) is 0.567. The summed E-state index contributed by atoms with van der Waals surface area (Å²) in [6.07, 6.45) is 1.13. The summed E-state index contributed by atoms with van der Waals surface area (Å²) >= 11 is 0. The third-order valence-corrected chi connectivity index (χ3v) is 7.00. The van der Waals surface area contributed by atoms with Crippen molar-refractivity contribution in [3.63, 3.8) is 0 Å². The second kappa shape index (κ2) is 9.41. The average molecular weight is 471 g/mol. The fraction of sp³-hybridized carbons (Fsp3) is 0.240. The number of piperazine rings is 1. The third kappa shape index (κ3) is 5.29. The van der Waals surface area contributed by atoms with Crippen molar-refractivity contribution in [1.29, 1.82) is 0 Å². The summed E-state index contributed by atoms with van der Waals surface area (Å²) in [7, 11) is -3.32. The van der Waals surface area contributed by atoms with Gasteiger partial charge < -0.3 is 4.90 Å². The lowest BCUT2D eigenvalue weighted by molar-refractivity contribution is 0.0597. The SMILES string of the molecule is CS(=O)(=O)c1ccc(C(=O)N2CCN(C(c3ccc(F)cc3)c3ccc(F)cc3)CC2)cc1. The van der Waals surface area contributed by atoms with Gasteiger partial charge in [-0.2, -0.15) is 0 Å². The van der Waals surface area contributed by atoms with Gasteiger partial charge >= 0.3 is 0 Å². The molecule has 1 aliphatic heterocycles. The molecular weight excluding hydrogens is 446 g/mol. The number of carbonyl (C=O) groups excluding carboxylic acids is 1. The molecule has 0 radical (unpaired) electrons. The Labute approximate surface area is 192 Å². The van der Waals surface area contributed by atoms with Gasteiger partial charge in [0, 0.05) is 38.0 Å². The molecule has 0 aliphatic carbocycles. The van der Waals surface area contributed by atoms with Crippen LogP contribution in [0.1, 0.15) is 27.5 Å². The lowest BCUT2D eigenvalue weighted by Gasteiger charge is -2.39. The van der Waals surface area contributed by atoms with Crippen molar-refractivity contribution in [2.75, 3.05) is 32.4 Å². The van der Waals surface area contributed by atoms with E-state index in [4.69, 9.17) is 0 Å². The summed E-state index contributed by atoms with van der Waals surface area (Å²) in [4.78, 5) is 17.0. The Morgan fingerprint density at radius 3 is 1.64 bits per heavy atom. The number of sulfone groups is 1. The lowest BCUT2D eigenvalue weighted by atomic mass is 9.96. The number of amides is 1. The van der Waals surface area contributed by atoms with Crippen LogP contribution in [-0.2, 0) is 9.84 Å². The number of nitrogens with zero attached hydrogens (tertiary/aromatic N) is 2. The summed E-state index contributed by atoms with van der Waals surface area (Å²) in [6.45, 7) is 2.11. The second-order valence-corrected chi connectivity index (χ2v) is 10.1. The fourth-order valence-corrected chi connectivity index (χ4v) is 4.75. The Morgan fingerprint density at radius 1 is 0.758 bits per heavy atom. The van der Waals surface area contributed by atoms with Crippen molar-refractivity contribution in [3.8, 4) is 0 Å². The zero-order chi connectivity index (χ0) is 23.6. The maximum atomic E-state index is 13.5. The smallest absolute Gasteiger partial charge is 0.253 e. The number of halogens is 2. The van der Waals surface area contributed by atoms with Crippen molar-refractivity contribution in [1.82, 2.24) is 9.80 Å². The van der Waals surface area contributed by atoms with Gasteiger partial charge in [-0.25, -0.2) is 17.2 Å². The topological polar surface area (TPSA) is 57.7 Å². The van der Waals surface area contributed by atoms with Crippen molar-refractivity contribution < 1.29 is 22.0 Å². The summed E-state index contributed by atoms with van der Waals surface area (Å²) in [5, 5.41) is 0. The van der Waals surface area contributed by atoms with Gasteiger partial charge in [0.05, 0.1) is 10.9 Å². The van der Waals surface area contributed by atoms with Crippen LogP contribution in [0, 0.1) is 11.6 Å². The normalized spacial score (nSPS) is 15.1. The Balaban J connectivity index is 1.50. The first kappa shape index (κ1) is 23.1. The Kier molecular flexibility index (Phi) is 6.58. The van der Waals surface area contributed by atoms with Crippen LogP contribution in [0.4, 0.5) is 8.78 Å². The highest BCUT2D eigenvalue weighted by Crippen LogP contribution is 2.30. The van der Waals surface area contributed by atoms with Gasteiger partial charge in [-0.05, 0) is 59.7 Å². The molecule has 3 aromatic rings. The van der Waals surface area contributed by atoms with E-state index in [0.717, 1.165) is 17.4 Å². The van der Waals surface area contributed by atoms with E-state index in [0.29, 0.717) is 31.7 Å². The number of hydrogen-bond acceptors (Lipinski definition) is 4. The minimum atomic E-state index is -3.32. The Morgan fingerprint density at radius 2 is 1.21 bits per heavy atom. The number of carbonyl (C=O) groups is 1. The van der Waals surface area contributed by atoms with Crippen molar-refractivity contribution >= 4 is 15.7 Å². The molecule has 0 saturated carbocycles. The van der Waals surface area contributed by atoms with Crippen LogP contribution in [0.5, 0.6) is 0 Å². The summed E-state index contributed by atoms with van der Waals surface area (Å²) in [5.74, 6) is -0.808. The molecule has 4 rings (SSSR count). The molecule has 1 saturated heterocycles. The minimum Gasteiger partial charge on any atom is -0.336 e. The first-order chi connectivity index (χ1) is 15.7. The van der Waals surface area contributed by atoms with E-state index in [2.05, 4.69) is 4.90 Å². The molecule has 0 aromatic heterocycles. The second-order valence-electron chi connectivity index (χ2n) is 8.13. The highest BCUT2D eigenvalue weighted by atomic mass is 32.2. The van der Waals surface area contributed by atoms with Crippen LogP contribution in [0.3, 0.4) is 0 Å². The van der Waals surface area contributed by atoms with Crippen molar-refractivity contribution in [2.24, 2.45) is 0 Å². The van der Waals surface area contributed by atoms with Crippen molar-refractivity contribution in [2.45, 2.75) is 10.9 Å². The number of hydrogen-bond donors (Lipinski definition) is 0. The molecule has 172 valence electrons. The number of benzene rings is 3. The average Bonchev–Trinajstić information content (AvgIpc) is 2.81. The zero-order valence-corrected chi connectivity index (χ0v) is 18.9. The predicted octanol–water partition coefficient (Wildman–Crippen LogP) is 3.92. The lowest BCUT2D eigenvalue weighted by Crippen LogP contribution is -2.49. The van der Waals surface area contributed by atoms with Gasteiger partial charge in [-0.15, -0.1) is 0 Å². The van der Waals surface area contributed by atoms with E-state index in [9.17, 15) is 22.0 Å². The maximum absolute atomic E-state index is 13.5. The molecule has 1 amide bonds. The summed E-state index contributed by atoms with van der Waals surface area (Å²) in [5.41, 5.74) is 2.21. The third-order valence-electron chi connectivity index (χ3n) is 5.87. The molecule has 0 bridgehead atoms. The molecule has 0 spiro atoms. The van der Waals surface area contributed by atoms with Gasteiger partial charge in [0.25, 0.3) is 5.91 Å². The molecule has 0 N–H and O–H groups in total. The fourth-order valence-electron chi connectivity index (χ4n) is 4.11. The molecule has 3 aromatic carbocycles. The zero-order valence-electron chi connectivity index (χ0n) is 18.1. The van der Waals surface area contributed by atoms with Gasteiger partial charge in [0.15, 0.2) is 9.84 Å². The van der Waals surface area contributed by atoms with Crippen LogP contribution in [0.2, 0.25) is 0 Å². The predicted molar refractivity (Wildman–Crippen MR) is 122 cm³/mol. The van der Waals surface area contributed by atoms with E-state index in [1.54, 1.807) is 29.2 Å². The van der Waals surface area contributed by atoms with E-state index < -0.39 is 9.84 Å². The molecule has 1 aliphatic rings. The van der Waals surface area contributed by atoms with Crippen LogP contribution in [-0.4, -0.2) is 56.6 Å². The summed E-state index contributed by atoms with van der Waals surface area (Å²) in [6, 6.07) is 18.3. The Hall–Kier alpha value is -3.10. The Bertz CT molecular complexity index is 1170. The highest BCUT2D eigenvalue weighted by Gasteiger charge is 2.29. The molecule has 8 heteroatoms. The minimum absolute atomic E-state index is 0.158. The summed E-state index contributed by atoms with van der Waals surface area (Å²) < 4.78 is 50.3. The molecule has 0 unspecified atom stereocenters. The van der Waals surface area contributed by atoms with Crippen LogP contribution >= 0.6 is 0 Å². The van der Waals surface area contributed by atoms with E-state index >= 15 is 0 Å². The van der Waals surface area contributed by atoms with Gasteiger partial charge in [-0.3, -0.25) is 9.69 Å². The van der Waals surface area contributed by atoms with Gasteiger partial charge in [0.1, 0.15) is 11.6 Å². The molecular formula is C25H24F2N2O3S. The monoisotopic (exact) mass is 470 g/mol. The van der Waals surface area contributed by atoms with E-state index in [-0.39, 0.29) is 28.5 Å². The van der Waals surface area contributed by atoms with Crippen LogP contribution < -0.4 is 0 Å². The van der Waals surface area contributed by atoms with Crippen molar-refractivity contribution in [3.05, 3.63) is 101 Å². The van der Waals surface area contributed by atoms with Crippen LogP contribution in [0.15, 0.2) is 77.7 Å². The largest absolute Gasteiger partial charge is 0.336 e. The molecule has 1 fully saturated rings. The van der Waals surface area contributed by atoms with Gasteiger partial charge in [0.2, 0.25) is 0 Å². The number of rotatable bonds is 5. The maximum Gasteiger partial charge on any atom is 0.253 e. The van der Waals surface area contributed by atoms with E-state index in [1.165, 1.54) is 48.5 Å².